The summed E-state index contributed by atoms with van der Waals surface area (Å²) in [5.74, 6) is 0.314. The van der Waals surface area contributed by atoms with Crippen molar-refractivity contribution < 1.29 is 8.78 Å². The molecule has 0 aromatic carbocycles. The largest absolute Gasteiger partial charge is 0.384 e. The molecule has 1 aromatic heterocycles. The summed E-state index contributed by atoms with van der Waals surface area (Å²) < 4.78 is 23.4. The molecule has 0 aliphatic heterocycles. The summed E-state index contributed by atoms with van der Waals surface area (Å²) in [7, 11) is 0. The van der Waals surface area contributed by atoms with Gasteiger partial charge in [0.1, 0.15) is 5.82 Å². The Bertz CT molecular complexity index is 252. The third kappa shape index (κ3) is 2.69. The molecule has 0 unspecified atom stereocenters. The summed E-state index contributed by atoms with van der Waals surface area (Å²) in [6.45, 7) is -0.372. The Hall–Kier alpha value is -1.39. The number of alkyl halides is 2. The van der Waals surface area contributed by atoms with Gasteiger partial charge in [-0.05, 0) is 6.07 Å². The molecule has 0 radical (unpaired) electrons. The van der Waals surface area contributed by atoms with E-state index in [1.54, 1.807) is 6.07 Å². The fraction of sp³-hybridized carbons (Fsp3) is 0.286. The van der Waals surface area contributed by atoms with Crippen molar-refractivity contribution in [2.45, 2.75) is 6.43 Å². The number of nitrogens with two attached hydrogens (primary N) is 1. The predicted octanol–water partition coefficient (Wildman–Crippen LogP) is 1.34. The standard InChI is InChI=1S/C7H9F2N3/c8-6(9)4-12-5-1-2-11-7(10)3-5/h1-3,6H,4H2,(H3,10,11,12). The number of pyridine rings is 1. The van der Waals surface area contributed by atoms with Crippen molar-refractivity contribution in [2.75, 3.05) is 17.6 Å². The summed E-state index contributed by atoms with van der Waals surface area (Å²) in [4.78, 5) is 3.72. The minimum atomic E-state index is -2.36. The molecule has 0 amide bonds. The highest BCUT2D eigenvalue weighted by atomic mass is 19.3. The minimum absolute atomic E-state index is 0.314. The van der Waals surface area contributed by atoms with E-state index in [0.717, 1.165) is 0 Å². The Morgan fingerprint density at radius 2 is 2.33 bits per heavy atom. The van der Waals surface area contributed by atoms with Crippen molar-refractivity contribution in [1.82, 2.24) is 4.98 Å². The molecular weight excluding hydrogens is 164 g/mol. The van der Waals surface area contributed by atoms with E-state index in [-0.39, 0.29) is 6.54 Å². The van der Waals surface area contributed by atoms with Gasteiger partial charge in [0.25, 0.3) is 6.43 Å². The third-order valence-electron chi connectivity index (χ3n) is 1.24. The van der Waals surface area contributed by atoms with Crippen LogP contribution in [0.3, 0.4) is 0 Å². The number of anilines is 2. The summed E-state index contributed by atoms with van der Waals surface area (Å²) in [6, 6.07) is 3.08. The highest BCUT2D eigenvalue weighted by molar-refractivity contribution is 5.49. The lowest BCUT2D eigenvalue weighted by molar-refractivity contribution is 0.163. The van der Waals surface area contributed by atoms with Crippen LogP contribution in [0.15, 0.2) is 18.3 Å². The first kappa shape index (κ1) is 8.70. The smallest absolute Gasteiger partial charge is 0.255 e. The summed E-state index contributed by atoms with van der Waals surface area (Å²) in [6.07, 6.45) is -0.900. The monoisotopic (exact) mass is 173 g/mol. The number of nitrogens with one attached hydrogen (secondary N) is 1. The van der Waals surface area contributed by atoms with Gasteiger partial charge in [-0.3, -0.25) is 0 Å². The molecule has 3 N–H and O–H groups in total. The second kappa shape index (κ2) is 3.85. The van der Waals surface area contributed by atoms with Gasteiger partial charge in [0, 0.05) is 18.0 Å². The van der Waals surface area contributed by atoms with Gasteiger partial charge < -0.3 is 11.1 Å². The van der Waals surface area contributed by atoms with E-state index in [4.69, 9.17) is 5.73 Å². The molecule has 0 aliphatic carbocycles. The minimum Gasteiger partial charge on any atom is -0.384 e. The van der Waals surface area contributed by atoms with Gasteiger partial charge in [0.2, 0.25) is 0 Å². The highest BCUT2D eigenvalue weighted by Gasteiger charge is 2.01. The lowest BCUT2D eigenvalue weighted by atomic mass is 10.4. The van der Waals surface area contributed by atoms with Crippen LogP contribution in [0.1, 0.15) is 0 Å². The number of hydrogen-bond acceptors (Lipinski definition) is 3. The van der Waals surface area contributed by atoms with E-state index in [1.165, 1.54) is 12.3 Å². The van der Waals surface area contributed by atoms with E-state index in [1.807, 2.05) is 0 Å². The van der Waals surface area contributed by atoms with Crippen LogP contribution in [-0.4, -0.2) is 18.0 Å². The second-order valence-electron chi connectivity index (χ2n) is 2.24. The Morgan fingerprint density at radius 1 is 1.58 bits per heavy atom. The van der Waals surface area contributed by atoms with Crippen LogP contribution in [-0.2, 0) is 0 Å². The Kier molecular flexibility index (Phi) is 2.79. The Morgan fingerprint density at radius 3 is 2.92 bits per heavy atom. The SMILES string of the molecule is Nc1cc(NCC(F)F)ccn1. The number of hydrogen-bond donors (Lipinski definition) is 2. The molecule has 0 saturated heterocycles. The maximum atomic E-state index is 11.7. The molecule has 3 nitrogen and oxygen atoms in total. The average Bonchev–Trinajstić information content (AvgIpc) is 2.01. The molecular formula is C7H9F2N3. The van der Waals surface area contributed by atoms with Crippen molar-refractivity contribution in [1.29, 1.82) is 0 Å². The van der Waals surface area contributed by atoms with Crippen molar-refractivity contribution in [3.63, 3.8) is 0 Å². The van der Waals surface area contributed by atoms with Crippen LogP contribution >= 0.6 is 0 Å². The number of nitrogens with zero attached hydrogens (tertiary/aromatic N) is 1. The zero-order valence-corrected chi connectivity index (χ0v) is 6.30. The maximum Gasteiger partial charge on any atom is 0.255 e. The van der Waals surface area contributed by atoms with Crippen LogP contribution < -0.4 is 11.1 Å². The van der Waals surface area contributed by atoms with Gasteiger partial charge in [-0.1, -0.05) is 0 Å². The van der Waals surface area contributed by atoms with Crippen molar-refractivity contribution in [3.8, 4) is 0 Å². The van der Waals surface area contributed by atoms with Gasteiger partial charge in [-0.15, -0.1) is 0 Å². The molecule has 0 atom stereocenters. The highest BCUT2D eigenvalue weighted by Crippen LogP contribution is 2.09. The Labute approximate surface area is 68.6 Å². The molecule has 0 aliphatic rings. The number of halogens is 2. The quantitative estimate of drug-likeness (QED) is 0.725. The molecule has 0 fully saturated rings. The number of aromatic nitrogens is 1. The first-order chi connectivity index (χ1) is 5.68. The normalized spacial score (nSPS) is 10.2. The molecule has 0 spiro atoms. The summed E-state index contributed by atoms with van der Waals surface area (Å²) in [5.41, 5.74) is 5.88. The summed E-state index contributed by atoms with van der Waals surface area (Å²) in [5, 5.41) is 2.51. The summed E-state index contributed by atoms with van der Waals surface area (Å²) >= 11 is 0. The van der Waals surface area contributed by atoms with Crippen LogP contribution in [0, 0.1) is 0 Å². The Balaban J connectivity index is 2.52. The van der Waals surface area contributed by atoms with Gasteiger partial charge >= 0.3 is 0 Å². The second-order valence-corrected chi connectivity index (χ2v) is 2.24. The fourth-order valence-electron chi connectivity index (χ4n) is 0.753. The van der Waals surface area contributed by atoms with Crippen molar-refractivity contribution in [3.05, 3.63) is 18.3 Å². The topological polar surface area (TPSA) is 50.9 Å². The molecule has 66 valence electrons. The molecule has 0 saturated carbocycles. The molecule has 12 heavy (non-hydrogen) atoms. The molecule has 0 bridgehead atoms. The van der Waals surface area contributed by atoms with E-state index in [9.17, 15) is 8.78 Å². The van der Waals surface area contributed by atoms with Crippen molar-refractivity contribution >= 4 is 11.5 Å². The number of nitrogen functional groups attached to an aromatic ring is 1. The van der Waals surface area contributed by atoms with E-state index in [0.29, 0.717) is 11.5 Å². The van der Waals surface area contributed by atoms with Gasteiger partial charge in [-0.25, -0.2) is 13.8 Å². The zero-order valence-electron chi connectivity index (χ0n) is 6.30. The number of rotatable bonds is 3. The molecule has 1 aromatic rings. The van der Waals surface area contributed by atoms with Crippen LogP contribution in [0.4, 0.5) is 20.3 Å². The average molecular weight is 173 g/mol. The van der Waals surface area contributed by atoms with Gasteiger partial charge in [0.05, 0.1) is 6.54 Å². The van der Waals surface area contributed by atoms with E-state index >= 15 is 0 Å². The molecule has 5 heteroatoms. The third-order valence-corrected chi connectivity index (χ3v) is 1.24. The molecule has 1 heterocycles. The predicted molar refractivity (Wildman–Crippen MR) is 43.1 cm³/mol. The molecule has 1 rings (SSSR count). The van der Waals surface area contributed by atoms with Crippen LogP contribution in [0.2, 0.25) is 0 Å². The maximum absolute atomic E-state index is 11.7. The lowest BCUT2D eigenvalue weighted by Gasteiger charge is -2.04. The van der Waals surface area contributed by atoms with Crippen molar-refractivity contribution in [2.24, 2.45) is 0 Å². The van der Waals surface area contributed by atoms with Crippen LogP contribution in [0.25, 0.3) is 0 Å². The zero-order chi connectivity index (χ0) is 8.97. The van der Waals surface area contributed by atoms with Gasteiger partial charge in [0.15, 0.2) is 0 Å². The van der Waals surface area contributed by atoms with E-state index in [2.05, 4.69) is 10.3 Å². The fourth-order valence-corrected chi connectivity index (χ4v) is 0.753. The van der Waals surface area contributed by atoms with Gasteiger partial charge in [-0.2, -0.15) is 0 Å². The van der Waals surface area contributed by atoms with Crippen LogP contribution in [0.5, 0.6) is 0 Å². The van der Waals surface area contributed by atoms with E-state index < -0.39 is 6.43 Å². The first-order valence-electron chi connectivity index (χ1n) is 3.42. The lowest BCUT2D eigenvalue weighted by Crippen LogP contribution is -2.10. The first-order valence-corrected chi connectivity index (χ1v) is 3.42.